The number of esters is 1. The SMILES string of the molecule is CCOC(=O)C1(C(=O)C(C)(C)N2COC(C)=C(c3ccccc3)C2=O)CC=CC1. The van der Waals surface area contributed by atoms with E-state index in [4.69, 9.17) is 9.47 Å². The highest BCUT2D eigenvalue weighted by atomic mass is 16.5. The van der Waals surface area contributed by atoms with Crippen LogP contribution in [0.15, 0.2) is 48.2 Å². The molecule has 0 fully saturated rings. The van der Waals surface area contributed by atoms with Crippen molar-refractivity contribution in [1.82, 2.24) is 4.90 Å². The summed E-state index contributed by atoms with van der Waals surface area (Å²) in [5.74, 6) is -0.646. The standard InChI is InChI=1S/C23H27NO5/c1-5-28-21(27)23(13-9-10-14-23)20(26)22(3,4)24-15-29-16(2)18(19(24)25)17-11-7-6-8-12-17/h6-12H,5,13-15H2,1-4H3. The van der Waals surface area contributed by atoms with E-state index in [1.807, 2.05) is 42.5 Å². The Balaban J connectivity index is 1.95. The number of hydrogen-bond acceptors (Lipinski definition) is 5. The van der Waals surface area contributed by atoms with Crippen LogP contribution in [-0.4, -0.2) is 41.4 Å². The van der Waals surface area contributed by atoms with Gasteiger partial charge in [-0.1, -0.05) is 42.5 Å². The van der Waals surface area contributed by atoms with E-state index in [0.717, 1.165) is 5.56 Å². The third kappa shape index (κ3) is 3.48. The van der Waals surface area contributed by atoms with Gasteiger partial charge in [0, 0.05) is 0 Å². The van der Waals surface area contributed by atoms with Crippen molar-refractivity contribution in [1.29, 1.82) is 0 Å². The Labute approximate surface area is 171 Å². The van der Waals surface area contributed by atoms with Gasteiger partial charge in [0.15, 0.2) is 12.5 Å². The van der Waals surface area contributed by atoms with E-state index >= 15 is 0 Å². The highest BCUT2D eigenvalue weighted by molar-refractivity contribution is 6.22. The topological polar surface area (TPSA) is 72.9 Å². The van der Waals surface area contributed by atoms with Crippen LogP contribution in [0.1, 0.15) is 46.1 Å². The molecule has 0 spiro atoms. The zero-order valence-corrected chi connectivity index (χ0v) is 17.4. The van der Waals surface area contributed by atoms with Crippen molar-refractivity contribution in [2.45, 2.75) is 46.1 Å². The summed E-state index contributed by atoms with van der Waals surface area (Å²) in [6.45, 7) is 6.93. The normalized spacial score (nSPS) is 18.6. The van der Waals surface area contributed by atoms with Crippen LogP contribution in [0.5, 0.6) is 0 Å². The average Bonchev–Trinajstić information content (AvgIpc) is 3.19. The molecule has 0 radical (unpaired) electrons. The second-order valence-corrected chi connectivity index (χ2v) is 7.87. The van der Waals surface area contributed by atoms with E-state index in [1.54, 1.807) is 27.7 Å². The molecule has 29 heavy (non-hydrogen) atoms. The molecule has 1 amide bonds. The molecule has 1 heterocycles. The van der Waals surface area contributed by atoms with Crippen molar-refractivity contribution in [2.24, 2.45) is 5.41 Å². The lowest BCUT2D eigenvalue weighted by Crippen LogP contribution is -2.60. The van der Waals surface area contributed by atoms with Crippen molar-refractivity contribution < 1.29 is 23.9 Å². The highest BCUT2D eigenvalue weighted by Crippen LogP contribution is 2.42. The van der Waals surface area contributed by atoms with E-state index in [1.165, 1.54) is 4.90 Å². The second kappa shape index (κ2) is 7.85. The third-order valence-corrected chi connectivity index (χ3v) is 5.71. The van der Waals surface area contributed by atoms with Gasteiger partial charge >= 0.3 is 5.97 Å². The summed E-state index contributed by atoms with van der Waals surface area (Å²) in [4.78, 5) is 41.2. The molecule has 0 unspecified atom stereocenters. The summed E-state index contributed by atoms with van der Waals surface area (Å²) in [6, 6.07) is 9.23. The zero-order chi connectivity index (χ0) is 21.2. The first-order valence-electron chi connectivity index (χ1n) is 9.84. The maximum absolute atomic E-state index is 13.7. The first-order chi connectivity index (χ1) is 13.8. The smallest absolute Gasteiger partial charge is 0.320 e. The molecule has 1 aliphatic heterocycles. The van der Waals surface area contributed by atoms with Crippen LogP contribution in [0.3, 0.4) is 0 Å². The molecule has 6 heteroatoms. The van der Waals surface area contributed by atoms with Gasteiger partial charge in [0.1, 0.15) is 16.7 Å². The fraction of sp³-hybridized carbons (Fsp3) is 0.435. The summed E-state index contributed by atoms with van der Waals surface area (Å²) in [7, 11) is 0. The molecule has 2 aliphatic rings. The molecule has 0 aromatic heterocycles. The molecule has 0 atom stereocenters. The number of ketones is 1. The number of carbonyl (C=O) groups is 3. The average molecular weight is 397 g/mol. The molecule has 1 aromatic rings. The monoisotopic (exact) mass is 397 g/mol. The van der Waals surface area contributed by atoms with E-state index in [0.29, 0.717) is 11.3 Å². The Morgan fingerprint density at radius 3 is 2.38 bits per heavy atom. The Kier molecular flexibility index (Phi) is 5.64. The Morgan fingerprint density at radius 1 is 1.17 bits per heavy atom. The van der Waals surface area contributed by atoms with Crippen LogP contribution in [-0.2, 0) is 23.9 Å². The van der Waals surface area contributed by atoms with Gasteiger partial charge in [-0.15, -0.1) is 0 Å². The summed E-state index contributed by atoms with van der Waals surface area (Å²) >= 11 is 0. The minimum atomic E-state index is -1.30. The van der Waals surface area contributed by atoms with Crippen LogP contribution >= 0.6 is 0 Å². The lowest BCUT2D eigenvalue weighted by Gasteiger charge is -2.43. The van der Waals surface area contributed by atoms with Crippen LogP contribution in [0.2, 0.25) is 0 Å². The summed E-state index contributed by atoms with van der Waals surface area (Å²) in [5.41, 5.74) is -1.41. The molecule has 0 bridgehead atoms. The van der Waals surface area contributed by atoms with Crippen LogP contribution in [0.25, 0.3) is 5.57 Å². The number of ether oxygens (including phenoxy) is 2. The lowest BCUT2D eigenvalue weighted by atomic mass is 9.72. The Bertz CT molecular complexity index is 874. The van der Waals surface area contributed by atoms with Crippen LogP contribution in [0, 0.1) is 5.41 Å². The molecule has 0 N–H and O–H groups in total. The van der Waals surface area contributed by atoms with Crippen molar-refractivity contribution in [2.75, 3.05) is 13.3 Å². The lowest BCUT2D eigenvalue weighted by molar-refractivity contribution is -0.167. The van der Waals surface area contributed by atoms with Gasteiger partial charge in [0.05, 0.1) is 12.2 Å². The number of benzene rings is 1. The molecule has 1 aliphatic carbocycles. The number of Topliss-reactive ketones (excluding diaryl/α,β-unsaturated/α-hetero) is 1. The van der Waals surface area contributed by atoms with E-state index in [-0.39, 0.29) is 37.9 Å². The van der Waals surface area contributed by atoms with E-state index in [2.05, 4.69) is 0 Å². The second-order valence-electron chi connectivity index (χ2n) is 7.87. The first-order valence-corrected chi connectivity index (χ1v) is 9.84. The van der Waals surface area contributed by atoms with Crippen molar-refractivity contribution in [3.05, 3.63) is 53.8 Å². The van der Waals surface area contributed by atoms with Crippen molar-refractivity contribution in [3.63, 3.8) is 0 Å². The maximum atomic E-state index is 13.7. The molecular formula is C23H27NO5. The van der Waals surface area contributed by atoms with Crippen LogP contribution < -0.4 is 0 Å². The van der Waals surface area contributed by atoms with Gasteiger partial charge in [0.25, 0.3) is 5.91 Å². The zero-order valence-electron chi connectivity index (χ0n) is 17.4. The van der Waals surface area contributed by atoms with Gasteiger partial charge in [-0.2, -0.15) is 0 Å². The number of nitrogens with zero attached hydrogens (tertiary/aromatic N) is 1. The summed E-state index contributed by atoms with van der Waals surface area (Å²) in [5, 5.41) is 0. The molecule has 154 valence electrons. The van der Waals surface area contributed by atoms with Crippen LogP contribution in [0.4, 0.5) is 0 Å². The fourth-order valence-corrected chi connectivity index (χ4v) is 4.00. The Hall–Kier alpha value is -2.89. The third-order valence-electron chi connectivity index (χ3n) is 5.71. The minimum absolute atomic E-state index is 0.0495. The first kappa shape index (κ1) is 20.8. The predicted molar refractivity (Wildman–Crippen MR) is 108 cm³/mol. The molecular weight excluding hydrogens is 370 g/mol. The summed E-state index contributed by atoms with van der Waals surface area (Å²) < 4.78 is 11.0. The van der Waals surface area contributed by atoms with Crippen molar-refractivity contribution >= 4 is 23.2 Å². The molecule has 6 nitrogen and oxygen atoms in total. The largest absolute Gasteiger partial charge is 0.477 e. The van der Waals surface area contributed by atoms with Gasteiger partial charge in [-0.05, 0) is 46.1 Å². The fourth-order valence-electron chi connectivity index (χ4n) is 4.00. The summed E-state index contributed by atoms with van der Waals surface area (Å²) in [6.07, 6.45) is 4.19. The van der Waals surface area contributed by atoms with Crippen molar-refractivity contribution in [3.8, 4) is 0 Å². The number of hydrogen-bond donors (Lipinski definition) is 0. The van der Waals surface area contributed by atoms with Gasteiger partial charge in [-0.25, -0.2) is 0 Å². The molecule has 0 saturated carbocycles. The highest BCUT2D eigenvalue weighted by Gasteiger charge is 2.55. The number of rotatable bonds is 6. The Morgan fingerprint density at radius 2 is 1.79 bits per heavy atom. The maximum Gasteiger partial charge on any atom is 0.320 e. The van der Waals surface area contributed by atoms with Gasteiger partial charge in [0.2, 0.25) is 0 Å². The minimum Gasteiger partial charge on any atom is -0.477 e. The number of carbonyl (C=O) groups excluding carboxylic acids is 3. The molecule has 3 rings (SSSR count). The van der Waals surface area contributed by atoms with E-state index < -0.39 is 16.9 Å². The van der Waals surface area contributed by atoms with Gasteiger partial charge < -0.3 is 9.47 Å². The van der Waals surface area contributed by atoms with E-state index in [9.17, 15) is 14.4 Å². The quantitative estimate of drug-likeness (QED) is 0.417. The molecule has 1 aromatic carbocycles. The van der Waals surface area contributed by atoms with Gasteiger partial charge in [-0.3, -0.25) is 19.3 Å². The molecule has 0 saturated heterocycles. The predicted octanol–water partition coefficient (Wildman–Crippen LogP) is 3.48. The number of allylic oxidation sites excluding steroid dienone is 3. The number of amides is 1.